The highest BCUT2D eigenvalue weighted by molar-refractivity contribution is 7.60. The minimum Gasteiger partial charge on any atom is -0.288 e. The Labute approximate surface area is 112 Å². The Morgan fingerprint density at radius 1 is 0.944 bits per heavy atom. The van der Waals surface area contributed by atoms with Crippen LogP contribution < -0.4 is 0 Å². The molecule has 0 unspecified atom stereocenters. The molecule has 104 valence electrons. The summed E-state index contributed by atoms with van der Waals surface area (Å²) in [5.74, 6) is 0. The second-order valence-electron chi connectivity index (χ2n) is 4.45. The van der Waals surface area contributed by atoms with Crippen LogP contribution in [0.3, 0.4) is 0 Å². The molecule has 0 amide bonds. The summed E-state index contributed by atoms with van der Waals surface area (Å²) in [5, 5.41) is 0. The van der Waals surface area contributed by atoms with Gasteiger partial charge in [0.15, 0.2) is 0 Å². The van der Waals surface area contributed by atoms with Crippen LogP contribution in [0.15, 0.2) is 24.3 Å². The van der Waals surface area contributed by atoms with Crippen molar-refractivity contribution in [2.75, 3.05) is 26.2 Å². The van der Waals surface area contributed by atoms with Gasteiger partial charge in [-0.1, -0.05) is 52.0 Å². The molecular weight excluding hydrogens is 243 g/mol. The van der Waals surface area contributed by atoms with Gasteiger partial charge < -0.3 is 0 Å². The Morgan fingerprint density at radius 2 is 1.33 bits per heavy atom. The van der Waals surface area contributed by atoms with Crippen LogP contribution in [0.25, 0.3) is 0 Å². The topological polar surface area (TPSA) is 23.6 Å². The number of rotatable bonds is 7. The highest BCUT2D eigenvalue weighted by Gasteiger charge is 2.39. The maximum absolute atomic E-state index is 13.6. The number of hydrogen-bond donors (Lipinski definition) is 0. The smallest absolute Gasteiger partial charge is 0.226 e. The molecule has 3 nitrogen and oxygen atoms in total. The van der Waals surface area contributed by atoms with Crippen LogP contribution in [0.5, 0.6) is 0 Å². The Kier molecular flexibility index (Phi) is 6.34. The summed E-state index contributed by atoms with van der Waals surface area (Å²) < 4.78 is 17.9. The first kappa shape index (κ1) is 15.7. The first-order chi connectivity index (χ1) is 8.64. The van der Waals surface area contributed by atoms with Crippen molar-refractivity contribution in [3.8, 4) is 0 Å². The lowest BCUT2D eigenvalue weighted by atomic mass is 10.2. The molecule has 0 spiro atoms. The summed E-state index contributed by atoms with van der Waals surface area (Å²) in [6.45, 7) is 11.7. The summed E-state index contributed by atoms with van der Waals surface area (Å²) in [6, 6.07) is 0. The van der Waals surface area contributed by atoms with Gasteiger partial charge in [0, 0.05) is 26.2 Å². The molecule has 0 aromatic carbocycles. The molecular formula is C14H27N2OP. The number of nitrogens with zero attached hydrogens (tertiary/aromatic N) is 2. The van der Waals surface area contributed by atoms with Crippen LogP contribution in [-0.2, 0) is 4.57 Å². The van der Waals surface area contributed by atoms with Crippen LogP contribution in [-0.4, -0.2) is 41.2 Å². The van der Waals surface area contributed by atoms with E-state index in [0.717, 1.165) is 32.6 Å². The van der Waals surface area contributed by atoms with Crippen molar-refractivity contribution in [3.63, 3.8) is 0 Å². The lowest BCUT2D eigenvalue weighted by molar-refractivity contribution is 0.357. The van der Waals surface area contributed by atoms with E-state index in [1.54, 1.807) is 0 Å². The van der Waals surface area contributed by atoms with E-state index in [2.05, 4.69) is 61.3 Å². The van der Waals surface area contributed by atoms with Gasteiger partial charge >= 0.3 is 0 Å². The molecule has 1 aliphatic carbocycles. The molecule has 0 heterocycles. The average molecular weight is 270 g/mol. The van der Waals surface area contributed by atoms with E-state index in [-0.39, 0.29) is 5.66 Å². The quantitative estimate of drug-likeness (QED) is 0.520. The summed E-state index contributed by atoms with van der Waals surface area (Å²) in [5.41, 5.74) is 0.0473. The maximum Gasteiger partial charge on any atom is 0.226 e. The van der Waals surface area contributed by atoms with E-state index >= 15 is 0 Å². The predicted octanol–water partition coefficient (Wildman–Crippen LogP) is 3.75. The molecule has 0 aromatic rings. The van der Waals surface area contributed by atoms with Crippen molar-refractivity contribution in [2.45, 2.75) is 39.8 Å². The monoisotopic (exact) mass is 270 g/mol. The Bertz CT molecular complexity index is 316. The SMILES string of the molecule is CCN(CC)P(=O)(C1C=CCC=C1)N(CC)CC. The molecule has 1 aliphatic rings. The van der Waals surface area contributed by atoms with Crippen LogP contribution in [0.1, 0.15) is 34.1 Å². The molecule has 0 radical (unpaired) electrons. The molecule has 0 saturated carbocycles. The first-order valence-corrected chi connectivity index (χ1v) is 8.77. The molecule has 0 N–H and O–H groups in total. The average Bonchev–Trinajstić information content (AvgIpc) is 2.42. The summed E-state index contributed by atoms with van der Waals surface area (Å²) in [4.78, 5) is 0. The third kappa shape index (κ3) is 2.96. The van der Waals surface area contributed by atoms with Gasteiger partial charge in [-0.2, -0.15) is 0 Å². The van der Waals surface area contributed by atoms with Gasteiger partial charge in [-0.25, -0.2) is 9.34 Å². The zero-order chi connectivity index (χ0) is 13.6. The van der Waals surface area contributed by atoms with Gasteiger partial charge in [-0.15, -0.1) is 0 Å². The fourth-order valence-corrected chi connectivity index (χ4v) is 6.04. The molecule has 18 heavy (non-hydrogen) atoms. The van der Waals surface area contributed by atoms with Gasteiger partial charge in [0.05, 0.1) is 5.66 Å². The van der Waals surface area contributed by atoms with Crippen molar-refractivity contribution < 1.29 is 4.57 Å². The van der Waals surface area contributed by atoms with Gasteiger partial charge in [-0.05, 0) is 6.42 Å². The number of allylic oxidation sites excluding steroid dienone is 4. The van der Waals surface area contributed by atoms with E-state index in [0.29, 0.717) is 0 Å². The van der Waals surface area contributed by atoms with Crippen molar-refractivity contribution in [1.29, 1.82) is 0 Å². The zero-order valence-electron chi connectivity index (χ0n) is 12.2. The molecule has 1 rings (SSSR count). The summed E-state index contributed by atoms with van der Waals surface area (Å²) in [7, 11) is -2.52. The van der Waals surface area contributed by atoms with Crippen LogP contribution in [0.4, 0.5) is 0 Å². The Morgan fingerprint density at radius 3 is 1.67 bits per heavy atom. The minimum atomic E-state index is -2.52. The lowest BCUT2D eigenvalue weighted by Crippen LogP contribution is -2.36. The van der Waals surface area contributed by atoms with E-state index in [9.17, 15) is 4.57 Å². The molecule has 0 bridgehead atoms. The highest BCUT2D eigenvalue weighted by atomic mass is 31.2. The second-order valence-corrected chi connectivity index (χ2v) is 7.36. The van der Waals surface area contributed by atoms with Crippen molar-refractivity contribution in [1.82, 2.24) is 9.34 Å². The Balaban J connectivity index is 3.14. The molecule has 4 heteroatoms. The minimum absolute atomic E-state index is 0.0473. The Hall–Kier alpha value is -0.370. The van der Waals surface area contributed by atoms with Crippen molar-refractivity contribution in [2.24, 2.45) is 0 Å². The predicted molar refractivity (Wildman–Crippen MR) is 80.1 cm³/mol. The second kappa shape index (κ2) is 7.28. The van der Waals surface area contributed by atoms with E-state index < -0.39 is 7.44 Å². The molecule has 0 atom stereocenters. The summed E-state index contributed by atoms with van der Waals surface area (Å²) in [6.07, 6.45) is 9.47. The first-order valence-electron chi connectivity index (χ1n) is 7.08. The molecule has 0 aliphatic heterocycles. The van der Waals surface area contributed by atoms with E-state index in [4.69, 9.17) is 0 Å². The third-order valence-corrected chi connectivity index (χ3v) is 7.47. The van der Waals surface area contributed by atoms with E-state index in [1.165, 1.54) is 0 Å². The third-order valence-electron chi connectivity index (χ3n) is 3.60. The van der Waals surface area contributed by atoms with Gasteiger partial charge in [0.1, 0.15) is 0 Å². The van der Waals surface area contributed by atoms with Gasteiger partial charge in [0.2, 0.25) is 7.44 Å². The van der Waals surface area contributed by atoms with E-state index in [1.807, 2.05) is 0 Å². The van der Waals surface area contributed by atoms with Crippen molar-refractivity contribution >= 4 is 7.44 Å². The molecule has 0 fully saturated rings. The van der Waals surface area contributed by atoms with Crippen LogP contribution in [0.2, 0.25) is 0 Å². The molecule has 0 aromatic heterocycles. The normalized spacial score (nSPS) is 17.0. The number of hydrogen-bond acceptors (Lipinski definition) is 1. The van der Waals surface area contributed by atoms with Crippen LogP contribution in [0, 0.1) is 0 Å². The van der Waals surface area contributed by atoms with Gasteiger partial charge in [0.25, 0.3) is 0 Å². The van der Waals surface area contributed by atoms with Crippen molar-refractivity contribution in [3.05, 3.63) is 24.3 Å². The maximum atomic E-state index is 13.6. The largest absolute Gasteiger partial charge is 0.288 e. The zero-order valence-corrected chi connectivity index (χ0v) is 13.1. The molecule has 0 saturated heterocycles. The lowest BCUT2D eigenvalue weighted by Gasteiger charge is -2.41. The van der Waals surface area contributed by atoms with Crippen LogP contribution >= 0.6 is 7.44 Å². The fraction of sp³-hybridized carbons (Fsp3) is 0.714. The fourth-order valence-electron chi connectivity index (χ4n) is 2.62. The summed E-state index contributed by atoms with van der Waals surface area (Å²) >= 11 is 0. The highest BCUT2D eigenvalue weighted by Crippen LogP contribution is 2.58. The van der Waals surface area contributed by atoms with Gasteiger partial charge in [-0.3, -0.25) is 4.57 Å². The standard InChI is InChI=1S/C14H27N2OP/c1-5-15(6-2)18(17,16(7-3)8-4)14-12-10-9-11-13-14/h10-14H,5-9H2,1-4H3.